The van der Waals surface area contributed by atoms with E-state index in [4.69, 9.17) is 5.84 Å². The molecule has 0 radical (unpaired) electrons. The van der Waals surface area contributed by atoms with Crippen molar-refractivity contribution >= 4 is 11.8 Å². The van der Waals surface area contributed by atoms with Crippen molar-refractivity contribution in [3.63, 3.8) is 0 Å². The highest BCUT2D eigenvalue weighted by Gasteiger charge is 1.99. The van der Waals surface area contributed by atoms with Gasteiger partial charge < -0.3 is 5.32 Å². The summed E-state index contributed by atoms with van der Waals surface area (Å²) in [6.07, 6.45) is 5.25. The summed E-state index contributed by atoms with van der Waals surface area (Å²) in [7, 11) is 0. The zero-order chi connectivity index (χ0) is 12.1. The summed E-state index contributed by atoms with van der Waals surface area (Å²) in [6.45, 7) is 2.71. The number of pyridine rings is 1. The molecule has 0 aliphatic rings. The molecular formula is C11H14N6. The van der Waals surface area contributed by atoms with Gasteiger partial charge in [-0.05, 0) is 30.2 Å². The number of anilines is 2. The van der Waals surface area contributed by atoms with Crippen LogP contribution in [-0.2, 0) is 6.54 Å². The van der Waals surface area contributed by atoms with Gasteiger partial charge in [0.2, 0.25) is 5.95 Å². The maximum atomic E-state index is 5.24. The van der Waals surface area contributed by atoms with Crippen molar-refractivity contribution < 1.29 is 0 Å². The minimum Gasteiger partial charge on any atom is -0.366 e. The van der Waals surface area contributed by atoms with Gasteiger partial charge in [-0.3, -0.25) is 10.4 Å². The summed E-state index contributed by atoms with van der Waals surface area (Å²) in [5.74, 6) is 6.36. The normalized spacial score (nSPS) is 10.0. The molecule has 17 heavy (non-hydrogen) atoms. The summed E-state index contributed by atoms with van der Waals surface area (Å²) >= 11 is 0. The van der Waals surface area contributed by atoms with Crippen LogP contribution in [0.1, 0.15) is 11.1 Å². The molecule has 2 rings (SSSR count). The predicted octanol–water partition coefficient (Wildman–Crippen LogP) is 1.08. The fourth-order valence-electron chi connectivity index (χ4n) is 1.41. The van der Waals surface area contributed by atoms with Crippen molar-refractivity contribution in [2.45, 2.75) is 13.5 Å². The van der Waals surface area contributed by atoms with E-state index in [1.54, 1.807) is 18.5 Å². The highest BCUT2D eigenvalue weighted by Crippen LogP contribution is 2.09. The fraction of sp³-hybridized carbons (Fsp3) is 0.182. The highest BCUT2D eigenvalue weighted by molar-refractivity contribution is 5.40. The number of aryl methyl sites for hydroxylation is 1. The molecule has 6 nitrogen and oxygen atoms in total. The van der Waals surface area contributed by atoms with Crippen LogP contribution < -0.4 is 16.6 Å². The van der Waals surface area contributed by atoms with E-state index >= 15 is 0 Å². The Kier molecular flexibility index (Phi) is 3.46. The van der Waals surface area contributed by atoms with Gasteiger partial charge in [0, 0.05) is 25.1 Å². The van der Waals surface area contributed by atoms with Gasteiger partial charge in [0.25, 0.3) is 0 Å². The Bertz CT molecular complexity index is 499. The lowest BCUT2D eigenvalue weighted by Crippen LogP contribution is -2.11. The second kappa shape index (κ2) is 5.22. The first-order valence-electron chi connectivity index (χ1n) is 5.22. The molecule has 88 valence electrons. The van der Waals surface area contributed by atoms with Crippen molar-refractivity contribution in [3.05, 3.63) is 41.9 Å². The van der Waals surface area contributed by atoms with Gasteiger partial charge in [0.15, 0.2) is 0 Å². The lowest BCUT2D eigenvalue weighted by molar-refractivity contribution is 1.05. The molecule has 0 saturated carbocycles. The maximum absolute atomic E-state index is 5.24. The molecule has 0 unspecified atom stereocenters. The number of hydrogen-bond acceptors (Lipinski definition) is 6. The number of hydrazine groups is 1. The van der Waals surface area contributed by atoms with Crippen LogP contribution >= 0.6 is 0 Å². The van der Waals surface area contributed by atoms with Gasteiger partial charge in [0.05, 0.1) is 0 Å². The molecule has 0 spiro atoms. The standard InChI is InChI=1S/C11H14N6/c1-8-6-13-4-2-9(8)7-15-10-3-5-14-11(16-10)17-12/h2-6H,7,12H2,1H3,(H2,14,15,16,17). The zero-order valence-electron chi connectivity index (χ0n) is 9.51. The van der Waals surface area contributed by atoms with Gasteiger partial charge in [-0.15, -0.1) is 0 Å². The van der Waals surface area contributed by atoms with Crippen LogP contribution in [0.4, 0.5) is 11.8 Å². The fourth-order valence-corrected chi connectivity index (χ4v) is 1.41. The van der Waals surface area contributed by atoms with Crippen LogP contribution in [0.5, 0.6) is 0 Å². The summed E-state index contributed by atoms with van der Waals surface area (Å²) < 4.78 is 0. The third kappa shape index (κ3) is 2.88. The number of nitrogens with one attached hydrogen (secondary N) is 2. The molecule has 4 N–H and O–H groups in total. The van der Waals surface area contributed by atoms with E-state index in [-0.39, 0.29) is 0 Å². The van der Waals surface area contributed by atoms with Crippen LogP contribution in [0.3, 0.4) is 0 Å². The molecule has 0 fully saturated rings. The molecule has 0 amide bonds. The molecule has 0 aromatic carbocycles. The molecule has 0 aliphatic heterocycles. The average molecular weight is 230 g/mol. The molecule has 0 bridgehead atoms. The molecule has 2 heterocycles. The Morgan fingerprint density at radius 2 is 2.18 bits per heavy atom. The molecule has 0 saturated heterocycles. The number of nitrogens with two attached hydrogens (primary N) is 1. The SMILES string of the molecule is Cc1cnccc1CNc1ccnc(NN)n1. The first kappa shape index (κ1) is 11.3. The predicted molar refractivity (Wildman–Crippen MR) is 66.1 cm³/mol. The number of hydrogen-bond donors (Lipinski definition) is 3. The summed E-state index contributed by atoms with van der Waals surface area (Å²) in [6, 6.07) is 3.77. The second-order valence-electron chi connectivity index (χ2n) is 3.57. The number of rotatable bonds is 4. The average Bonchev–Trinajstić information content (AvgIpc) is 2.38. The van der Waals surface area contributed by atoms with Crippen LogP contribution in [-0.4, -0.2) is 15.0 Å². The summed E-state index contributed by atoms with van der Waals surface area (Å²) in [5.41, 5.74) is 4.73. The quantitative estimate of drug-likeness (QED) is 0.538. The molecule has 2 aromatic rings. The molecule has 0 aliphatic carbocycles. The first-order chi connectivity index (χ1) is 8.29. The molecule has 2 aromatic heterocycles. The summed E-state index contributed by atoms with van der Waals surface area (Å²) in [4.78, 5) is 12.1. The zero-order valence-corrected chi connectivity index (χ0v) is 9.51. The monoisotopic (exact) mass is 230 g/mol. The number of aromatic nitrogens is 3. The third-order valence-corrected chi connectivity index (χ3v) is 2.38. The molecule has 6 heteroatoms. The Balaban J connectivity index is 2.05. The smallest absolute Gasteiger partial charge is 0.239 e. The highest BCUT2D eigenvalue weighted by atomic mass is 15.3. The van der Waals surface area contributed by atoms with Gasteiger partial charge in [-0.1, -0.05) is 0 Å². The minimum absolute atomic E-state index is 0.390. The maximum Gasteiger partial charge on any atom is 0.239 e. The van der Waals surface area contributed by atoms with Gasteiger partial charge in [0.1, 0.15) is 5.82 Å². The van der Waals surface area contributed by atoms with Crippen molar-refractivity contribution in [3.8, 4) is 0 Å². The lowest BCUT2D eigenvalue weighted by atomic mass is 10.1. The van der Waals surface area contributed by atoms with E-state index in [0.29, 0.717) is 12.5 Å². The van der Waals surface area contributed by atoms with E-state index in [1.807, 2.05) is 19.2 Å². The second-order valence-corrected chi connectivity index (χ2v) is 3.57. The van der Waals surface area contributed by atoms with Crippen molar-refractivity contribution in [1.82, 2.24) is 15.0 Å². The Hall–Kier alpha value is -2.21. The number of nitrogen functional groups attached to an aromatic ring is 1. The largest absolute Gasteiger partial charge is 0.366 e. The van der Waals surface area contributed by atoms with Crippen LogP contribution in [0.25, 0.3) is 0 Å². The Labute approximate surface area is 99.3 Å². The Morgan fingerprint density at radius 1 is 1.29 bits per heavy atom. The van der Waals surface area contributed by atoms with E-state index in [2.05, 4.69) is 25.7 Å². The van der Waals surface area contributed by atoms with Gasteiger partial charge in [-0.25, -0.2) is 10.8 Å². The topological polar surface area (TPSA) is 88.8 Å². The van der Waals surface area contributed by atoms with Crippen LogP contribution in [0, 0.1) is 6.92 Å². The minimum atomic E-state index is 0.390. The van der Waals surface area contributed by atoms with E-state index in [1.165, 1.54) is 5.56 Å². The van der Waals surface area contributed by atoms with Gasteiger partial charge in [-0.2, -0.15) is 4.98 Å². The van der Waals surface area contributed by atoms with Crippen molar-refractivity contribution in [1.29, 1.82) is 0 Å². The Morgan fingerprint density at radius 3 is 2.94 bits per heavy atom. The van der Waals surface area contributed by atoms with Gasteiger partial charge >= 0.3 is 0 Å². The van der Waals surface area contributed by atoms with Crippen molar-refractivity contribution in [2.24, 2.45) is 5.84 Å². The summed E-state index contributed by atoms with van der Waals surface area (Å²) in [5, 5.41) is 3.20. The van der Waals surface area contributed by atoms with Crippen LogP contribution in [0.15, 0.2) is 30.7 Å². The van der Waals surface area contributed by atoms with Crippen molar-refractivity contribution in [2.75, 3.05) is 10.7 Å². The number of nitrogens with zero attached hydrogens (tertiary/aromatic N) is 3. The third-order valence-electron chi connectivity index (χ3n) is 2.38. The van der Waals surface area contributed by atoms with E-state index in [0.717, 1.165) is 11.4 Å². The van der Waals surface area contributed by atoms with E-state index in [9.17, 15) is 0 Å². The molecule has 0 atom stereocenters. The lowest BCUT2D eigenvalue weighted by Gasteiger charge is -2.08. The van der Waals surface area contributed by atoms with E-state index < -0.39 is 0 Å². The van der Waals surface area contributed by atoms with Crippen LogP contribution in [0.2, 0.25) is 0 Å². The molecular weight excluding hydrogens is 216 g/mol. The first-order valence-corrected chi connectivity index (χ1v) is 5.22.